The Morgan fingerprint density at radius 2 is 2.29 bits per heavy atom. The number of aliphatic hydroxyl groups excluding tert-OH is 1. The summed E-state index contributed by atoms with van der Waals surface area (Å²) in [6, 6.07) is 0. The van der Waals surface area contributed by atoms with Crippen LogP contribution in [-0.4, -0.2) is 42.0 Å². The Morgan fingerprint density at radius 3 is 2.82 bits per heavy atom. The summed E-state index contributed by atoms with van der Waals surface area (Å²) in [5.41, 5.74) is 0.417. The lowest BCUT2D eigenvalue weighted by molar-refractivity contribution is 0.108. The van der Waals surface area contributed by atoms with Crippen molar-refractivity contribution in [2.75, 3.05) is 13.1 Å². The van der Waals surface area contributed by atoms with Gasteiger partial charge in [-0.1, -0.05) is 22.9 Å². The second kappa shape index (κ2) is 4.81. The molecule has 17 heavy (non-hydrogen) atoms. The van der Waals surface area contributed by atoms with E-state index in [0.717, 1.165) is 11.3 Å². The second-order valence-corrected chi connectivity index (χ2v) is 7.71. The van der Waals surface area contributed by atoms with Crippen LogP contribution in [0.4, 0.5) is 0 Å². The van der Waals surface area contributed by atoms with Gasteiger partial charge in [-0.15, -0.1) is 0 Å². The Bertz CT molecular complexity index is 514. The average Bonchev–Trinajstić information content (AvgIpc) is 2.58. The number of thiazole rings is 1. The maximum Gasteiger partial charge on any atom is 0.254 e. The van der Waals surface area contributed by atoms with Crippen LogP contribution in [0.25, 0.3) is 0 Å². The zero-order valence-electron chi connectivity index (χ0n) is 9.26. The van der Waals surface area contributed by atoms with E-state index < -0.39 is 16.1 Å². The molecule has 1 aromatic heterocycles. The summed E-state index contributed by atoms with van der Waals surface area (Å²) in [5.74, 6) is 0. The molecule has 2 rings (SSSR count). The Labute approximate surface area is 109 Å². The Balaban J connectivity index is 2.33. The molecule has 8 heteroatoms. The lowest BCUT2D eigenvalue weighted by atomic mass is 10.1. The number of hydrogen-bond acceptors (Lipinski definition) is 5. The molecule has 0 aromatic carbocycles. The van der Waals surface area contributed by atoms with Crippen molar-refractivity contribution in [2.24, 2.45) is 0 Å². The van der Waals surface area contributed by atoms with E-state index in [1.165, 1.54) is 4.31 Å². The highest BCUT2D eigenvalue weighted by atomic mass is 35.5. The molecule has 0 radical (unpaired) electrons. The zero-order valence-corrected chi connectivity index (χ0v) is 11.6. The molecule has 5 nitrogen and oxygen atoms in total. The maximum atomic E-state index is 12.3. The molecule has 1 saturated heterocycles. The molecule has 1 fully saturated rings. The fraction of sp³-hybridized carbons (Fsp3) is 0.667. The van der Waals surface area contributed by atoms with Gasteiger partial charge in [0, 0.05) is 13.1 Å². The molecule has 1 aliphatic heterocycles. The molecule has 1 aromatic rings. The van der Waals surface area contributed by atoms with Crippen LogP contribution in [0.2, 0.25) is 4.47 Å². The van der Waals surface area contributed by atoms with Crippen LogP contribution in [0.5, 0.6) is 0 Å². The maximum absolute atomic E-state index is 12.3. The summed E-state index contributed by atoms with van der Waals surface area (Å²) in [6.07, 6.45) is 0.739. The van der Waals surface area contributed by atoms with Gasteiger partial charge in [0.25, 0.3) is 10.0 Å². The van der Waals surface area contributed by atoms with Crippen LogP contribution in [0.15, 0.2) is 4.21 Å². The largest absolute Gasteiger partial charge is 0.392 e. The van der Waals surface area contributed by atoms with Crippen LogP contribution in [-0.2, 0) is 10.0 Å². The van der Waals surface area contributed by atoms with E-state index >= 15 is 0 Å². The highest BCUT2D eigenvalue weighted by Gasteiger charge is 2.32. The average molecular weight is 297 g/mol. The number of nitrogens with zero attached hydrogens (tertiary/aromatic N) is 2. The summed E-state index contributed by atoms with van der Waals surface area (Å²) >= 11 is 6.67. The fourth-order valence-electron chi connectivity index (χ4n) is 1.85. The minimum Gasteiger partial charge on any atom is -0.392 e. The lowest BCUT2D eigenvalue weighted by Crippen LogP contribution is -2.42. The fourth-order valence-corrected chi connectivity index (χ4v) is 5.24. The molecule has 0 bridgehead atoms. The van der Waals surface area contributed by atoms with Gasteiger partial charge in [-0.05, 0) is 19.8 Å². The Morgan fingerprint density at radius 1 is 1.59 bits per heavy atom. The molecular weight excluding hydrogens is 284 g/mol. The summed E-state index contributed by atoms with van der Waals surface area (Å²) in [4.78, 5) is 3.91. The van der Waals surface area contributed by atoms with Gasteiger partial charge in [-0.2, -0.15) is 4.31 Å². The van der Waals surface area contributed by atoms with Crippen LogP contribution in [0.1, 0.15) is 18.5 Å². The van der Waals surface area contributed by atoms with Gasteiger partial charge >= 0.3 is 0 Å². The van der Waals surface area contributed by atoms with Crippen molar-refractivity contribution in [1.82, 2.24) is 9.29 Å². The first-order valence-electron chi connectivity index (χ1n) is 5.22. The highest BCUT2D eigenvalue weighted by Crippen LogP contribution is 2.30. The Kier molecular flexibility index (Phi) is 3.74. The third kappa shape index (κ3) is 2.63. The first kappa shape index (κ1) is 13.2. The quantitative estimate of drug-likeness (QED) is 0.892. The van der Waals surface area contributed by atoms with Crippen molar-refractivity contribution < 1.29 is 13.5 Å². The molecule has 1 N–H and O–H groups in total. The molecule has 0 amide bonds. The summed E-state index contributed by atoms with van der Waals surface area (Å²) < 4.78 is 26.3. The van der Waals surface area contributed by atoms with E-state index in [0.29, 0.717) is 25.1 Å². The topological polar surface area (TPSA) is 70.5 Å². The van der Waals surface area contributed by atoms with Crippen molar-refractivity contribution in [3.63, 3.8) is 0 Å². The van der Waals surface area contributed by atoms with E-state index in [2.05, 4.69) is 4.98 Å². The molecule has 1 aliphatic rings. The highest BCUT2D eigenvalue weighted by molar-refractivity contribution is 7.91. The monoisotopic (exact) mass is 296 g/mol. The predicted octanol–water partition coefficient (Wildman–Crippen LogP) is 1.25. The first-order chi connectivity index (χ1) is 7.91. The van der Waals surface area contributed by atoms with Gasteiger partial charge in [0.1, 0.15) is 0 Å². The van der Waals surface area contributed by atoms with Gasteiger partial charge in [-0.3, -0.25) is 0 Å². The van der Waals surface area contributed by atoms with Gasteiger partial charge in [0.2, 0.25) is 0 Å². The third-order valence-electron chi connectivity index (χ3n) is 2.66. The molecule has 0 unspecified atom stereocenters. The summed E-state index contributed by atoms with van der Waals surface area (Å²) in [5, 5.41) is 9.52. The Hall–Kier alpha value is -0.210. The van der Waals surface area contributed by atoms with Crippen LogP contribution in [0.3, 0.4) is 0 Å². The molecule has 96 valence electrons. The number of aryl methyl sites for hydroxylation is 1. The minimum absolute atomic E-state index is 0.150. The van der Waals surface area contributed by atoms with Crippen LogP contribution in [0, 0.1) is 6.92 Å². The van der Waals surface area contributed by atoms with E-state index in [1.54, 1.807) is 6.92 Å². The van der Waals surface area contributed by atoms with Crippen molar-refractivity contribution in [3.05, 3.63) is 10.2 Å². The molecule has 1 atom stereocenters. The number of sulfonamides is 1. The van der Waals surface area contributed by atoms with Crippen molar-refractivity contribution in [2.45, 2.75) is 30.1 Å². The minimum atomic E-state index is -3.56. The number of rotatable bonds is 2. The number of aliphatic hydroxyl groups is 1. The van der Waals surface area contributed by atoms with Crippen LogP contribution >= 0.6 is 22.9 Å². The van der Waals surface area contributed by atoms with Gasteiger partial charge in [0.05, 0.1) is 11.8 Å². The van der Waals surface area contributed by atoms with Crippen LogP contribution < -0.4 is 0 Å². The normalized spacial score (nSPS) is 22.9. The second-order valence-electron chi connectivity index (χ2n) is 4.00. The first-order valence-corrected chi connectivity index (χ1v) is 7.86. The molecule has 0 spiro atoms. The number of halogens is 1. The number of piperidine rings is 1. The van der Waals surface area contributed by atoms with Crippen molar-refractivity contribution in [1.29, 1.82) is 0 Å². The number of hydrogen-bond donors (Lipinski definition) is 1. The number of aromatic nitrogens is 1. The molecule has 2 heterocycles. The third-order valence-corrected chi connectivity index (χ3v) is 6.38. The van der Waals surface area contributed by atoms with E-state index in [4.69, 9.17) is 11.6 Å². The summed E-state index contributed by atoms with van der Waals surface area (Å²) in [6.45, 7) is 2.21. The van der Waals surface area contributed by atoms with E-state index in [1.807, 2.05) is 0 Å². The molecule has 0 saturated carbocycles. The number of β-amino-alcohol motifs (C(OH)–C–C–N with tert-alkyl or cyclic N) is 1. The lowest BCUT2D eigenvalue weighted by Gasteiger charge is -2.28. The predicted molar refractivity (Wildman–Crippen MR) is 65.9 cm³/mol. The summed E-state index contributed by atoms with van der Waals surface area (Å²) in [7, 11) is -3.56. The molecular formula is C9H13ClN2O3S2. The standard InChI is InChI=1S/C9H13ClN2O3S2/c1-6-8(16-9(10)11-6)17(14,15)12-4-2-3-7(13)5-12/h7,13H,2-5H2,1H3/t7-/m0/s1. The molecule has 0 aliphatic carbocycles. The van der Waals surface area contributed by atoms with Gasteiger partial charge < -0.3 is 5.11 Å². The van der Waals surface area contributed by atoms with Gasteiger partial charge in [0.15, 0.2) is 8.68 Å². The zero-order chi connectivity index (χ0) is 12.6. The van der Waals surface area contributed by atoms with Gasteiger partial charge in [-0.25, -0.2) is 13.4 Å². The van der Waals surface area contributed by atoms with E-state index in [-0.39, 0.29) is 15.2 Å². The SMILES string of the molecule is Cc1nc(Cl)sc1S(=O)(=O)N1CCC[C@H](O)C1. The van der Waals surface area contributed by atoms with Crippen molar-refractivity contribution >= 4 is 33.0 Å². The van der Waals surface area contributed by atoms with Crippen molar-refractivity contribution in [3.8, 4) is 0 Å². The van der Waals surface area contributed by atoms with E-state index in [9.17, 15) is 13.5 Å². The smallest absolute Gasteiger partial charge is 0.254 e.